The highest BCUT2D eigenvalue weighted by molar-refractivity contribution is 6.00. The quantitative estimate of drug-likeness (QED) is 0.247. The molecule has 4 saturated heterocycles. The molecule has 3 N–H and O–H groups in total. The number of halogens is 2. The van der Waals surface area contributed by atoms with Gasteiger partial charge in [-0.3, -0.25) is 9.59 Å². The average molecular weight is 747 g/mol. The molecule has 52 heavy (non-hydrogen) atoms. The lowest BCUT2D eigenvalue weighted by molar-refractivity contribution is -0.299. The van der Waals surface area contributed by atoms with Gasteiger partial charge < -0.3 is 49.2 Å². The number of aliphatic hydroxyl groups excluding tert-OH is 1. The lowest BCUT2D eigenvalue weighted by atomic mass is 9.78. The Morgan fingerprint density at radius 2 is 1.73 bits per heavy atom. The number of rotatable bonds is 8. The molecule has 4 rings (SSSR count). The number of piperidine rings is 1. The number of aliphatic hydroxyl groups is 1. The molecule has 0 aromatic heterocycles. The van der Waals surface area contributed by atoms with Crippen molar-refractivity contribution in [3.8, 4) is 0 Å². The number of Topliss-reactive ketones (excluding diaryl/α,β-unsaturated/α-hetero) is 1. The highest BCUT2D eigenvalue weighted by Gasteiger charge is 2.57. The molecule has 0 spiro atoms. The van der Waals surface area contributed by atoms with Gasteiger partial charge >= 0.3 is 12.1 Å². The van der Waals surface area contributed by atoms with Gasteiger partial charge in [-0.25, -0.2) is 13.6 Å². The summed E-state index contributed by atoms with van der Waals surface area (Å²) in [7, 11) is 5.25. The van der Waals surface area contributed by atoms with E-state index in [0.29, 0.717) is 38.8 Å². The van der Waals surface area contributed by atoms with Crippen LogP contribution in [0, 0.1) is 17.8 Å². The molecule has 0 aromatic rings. The molecule has 0 aromatic carbocycles. The summed E-state index contributed by atoms with van der Waals surface area (Å²) >= 11 is 0. The fraction of sp³-hybridized carbons (Fsp3) is 0.919. The maximum absolute atomic E-state index is 14.3. The van der Waals surface area contributed by atoms with Crippen molar-refractivity contribution in [3.05, 3.63) is 0 Å². The number of alkyl carbamates (subject to hydrolysis) is 1. The van der Waals surface area contributed by atoms with E-state index in [1.54, 1.807) is 14.0 Å². The lowest BCUT2D eigenvalue weighted by Gasteiger charge is -2.48. The maximum Gasteiger partial charge on any atom is 0.408 e. The summed E-state index contributed by atoms with van der Waals surface area (Å²) in [4.78, 5) is 44.6. The third kappa shape index (κ3) is 9.26. The van der Waals surface area contributed by atoms with Crippen molar-refractivity contribution in [2.24, 2.45) is 17.8 Å². The van der Waals surface area contributed by atoms with E-state index in [-0.39, 0.29) is 43.9 Å². The minimum absolute atomic E-state index is 0.0334. The largest absolute Gasteiger partial charge is 0.457 e. The van der Waals surface area contributed by atoms with Gasteiger partial charge in [0.25, 0.3) is 5.92 Å². The van der Waals surface area contributed by atoms with Crippen molar-refractivity contribution >= 4 is 17.8 Å². The van der Waals surface area contributed by atoms with Crippen molar-refractivity contribution in [2.45, 2.75) is 153 Å². The summed E-state index contributed by atoms with van der Waals surface area (Å²) in [6, 6.07) is -1.17. The van der Waals surface area contributed by atoms with E-state index in [1.807, 2.05) is 58.5 Å². The average Bonchev–Trinajstić information content (AvgIpc) is 3.45. The van der Waals surface area contributed by atoms with Crippen LogP contribution in [0.15, 0.2) is 0 Å². The number of likely N-dealkylation sites (N-methyl/N-ethyl adjacent to an activating group) is 1. The van der Waals surface area contributed by atoms with Crippen LogP contribution < -0.4 is 10.6 Å². The number of carbonyl (C=O) groups excluding carboxylic acids is 3. The van der Waals surface area contributed by atoms with Gasteiger partial charge in [0.1, 0.15) is 18.1 Å². The Hall–Kier alpha value is -2.01. The number of methoxy groups -OCH3 is 1. The normalized spacial score (nSPS) is 42.8. The summed E-state index contributed by atoms with van der Waals surface area (Å²) in [5.74, 6) is -6.02. The third-order valence-corrected chi connectivity index (χ3v) is 12.1. The second kappa shape index (κ2) is 17.2. The smallest absolute Gasteiger partial charge is 0.408 e. The van der Waals surface area contributed by atoms with Crippen molar-refractivity contribution in [1.29, 1.82) is 0 Å². The molecule has 0 bridgehead atoms. The van der Waals surface area contributed by atoms with E-state index in [0.717, 1.165) is 0 Å². The van der Waals surface area contributed by atoms with Crippen LogP contribution in [0.1, 0.15) is 87.0 Å². The highest BCUT2D eigenvalue weighted by atomic mass is 19.3. The number of ketones is 1. The predicted octanol–water partition coefficient (Wildman–Crippen LogP) is 3.35. The number of carbonyl (C=O) groups is 3. The minimum atomic E-state index is -2.68. The first-order valence-corrected chi connectivity index (χ1v) is 19.1. The Morgan fingerprint density at radius 3 is 2.31 bits per heavy atom. The molecular weight excluding hydrogens is 682 g/mol. The topological polar surface area (TPSA) is 148 Å². The molecule has 4 fully saturated rings. The number of hydrogen-bond donors (Lipinski definition) is 3. The zero-order chi connectivity index (χ0) is 38.8. The number of ether oxygens (including phenoxy) is 5. The number of nitrogens with zero attached hydrogens (tertiary/aromatic N) is 2. The molecule has 1 amide bonds. The van der Waals surface area contributed by atoms with E-state index in [9.17, 15) is 28.3 Å². The van der Waals surface area contributed by atoms with Crippen molar-refractivity contribution in [3.63, 3.8) is 0 Å². The van der Waals surface area contributed by atoms with E-state index in [4.69, 9.17) is 23.7 Å². The van der Waals surface area contributed by atoms with Gasteiger partial charge in [0.05, 0.1) is 23.9 Å². The molecule has 13 atom stereocenters. The summed E-state index contributed by atoms with van der Waals surface area (Å²) in [6.45, 7) is 14.1. The molecule has 300 valence electrons. The number of likely N-dealkylation sites (tertiary alicyclic amines) is 1. The molecule has 5 unspecified atom stereocenters. The molecule has 0 aliphatic carbocycles. The zero-order valence-electron chi connectivity index (χ0n) is 32.8. The van der Waals surface area contributed by atoms with Gasteiger partial charge in [0, 0.05) is 57.6 Å². The first kappa shape index (κ1) is 42.7. The van der Waals surface area contributed by atoms with Crippen LogP contribution in [-0.2, 0) is 33.3 Å². The van der Waals surface area contributed by atoms with Gasteiger partial charge in [-0.1, -0.05) is 27.7 Å². The van der Waals surface area contributed by atoms with Crippen molar-refractivity contribution in [2.75, 3.05) is 47.4 Å². The van der Waals surface area contributed by atoms with Gasteiger partial charge in [0.2, 0.25) is 0 Å². The second-order valence-corrected chi connectivity index (χ2v) is 16.2. The standard InChI is InChI=1S/C37H64F2N4O9/c1-11-27-37(12-2)30(41-34(47)52-37)24(6)40-19-21(3)18-35(7,48-10)31(22(4)28(44)23(5)32(46)50-27)51-33-29(45)26(42(8)9)17-25(49-33)20-43-15-13-36(38,39)14-16-43/h21-27,29-31,33,40,45H,11-20H2,1-10H3,(H,41,47)/t21-,22+,23?,24-,25?,26?,27-,29?,30-,31-,33?,35-,37-/m1/s1. The van der Waals surface area contributed by atoms with Crippen LogP contribution in [0.5, 0.6) is 0 Å². The first-order chi connectivity index (χ1) is 24.3. The van der Waals surface area contributed by atoms with Crippen molar-refractivity contribution < 1.29 is 52.0 Å². The Balaban J connectivity index is 1.67. The zero-order valence-corrected chi connectivity index (χ0v) is 32.8. The Labute approximate surface area is 308 Å². The maximum atomic E-state index is 14.3. The molecule has 4 heterocycles. The van der Waals surface area contributed by atoms with Crippen molar-refractivity contribution in [1.82, 2.24) is 20.4 Å². The Bertz CT molecular complexity index is 1240. The summed E-state index contributed by atoms with van der Waals surface area (Å²) in [6.07, 6.45) is -3.96. The van der Waals surface area contributed by atoms with Gasteiger partial charge in [0.15, 0.2) is 17.7 Å². The second-order valence-electron chi connectivity index (χ2n) is 16.2. The molecule has 15 heteroatoms. The van der Waals surface area contributed by atoms with Gasteiger partial charge in [-0.15, -0.1) is 0 Å². The van der Waals surface area contributed by atoms with Crippen LogP contribution in [0.2, 0.25) is 0 Å². The fourth-order valence-corrected chi connectivity index (χ4v) is 8.81. The van der Waals surface area contributed by atoms with E-state index in [1.165, 1.54) is 6.92 Å². The summed E-state index contributed by atoms with van der Waals surface area (Å²) < 4.78 is 59.2. The number of nitrogens with one attached hydrogen (secondary N) is 2. The number of alkyl halides is 2. The van der Waals surface area contributed by atoms with Crippen LogP contribution in [-0.4, -0.2) is 146 Å². The molecule has 4 aliphatic heterocycles. The number of fused-ring (bicyclic) bond motifs is 1. The van der Waals surface area contributed by atoms with Gasteiger partial charge in [-0.05, 0) is 73.0 Å². The van der Waals surface area contributed by atoms with Gasteiger partial charge in [-0.2, -0.15) is 0 Å². The van der Waals surface area contributed by atoms with E-state index >= 15 is 0 Å². The lowest BCUT2D eigenvalue weighted by Crippen LogP contribution is -2.61. The molecule has 0 saturated carbocycles. The number of cyclic esters (lactones) is 1. The first-order valence-electron chi connectivity index (χ1n) is 19.1. The SMILES string of the molecule is CC[C@H]1OC(=O)C(C)C(=O)[C@H](C)[C@@H](OC2OC(CN3CCC(F)(F)CC3)CC(N(C)C)C2O)[C@](C)(OC)C[C@@H](C)CN[C@H](C)[C@H]2NC(=O)O[C@@]21CC. The predicted molar refractivity (Wildman–Crippen MR) is 189 cm³/mol. The monoisotopic (exact) mass is 746 g/mol. The van der Waals surface area contributed by atoms with E-state index in [2.05, 4.69) is 10.6 Å². The Morgan fingerprint density at radius 1 is 1.08 bits per heavy atom. The molecule has 13 nitrogen and oxygen atoms in total. The minimum Gasteiger partial charge on any atom is -0.457 e. The highest BCUT2D eigenvalue weighted by Crippen LogP contribution is 2.39. The third-order valence-electron chi connectivity index (χ3n) is 12.1. The van der Waals surface area contributed by atoms with Crippen LogP contribution in [0.4, 0.5) is 13.6 Å². The molecular formula is C37H64F2N4O9. The molecule has 4 aliphatic rings. The number of amides is 1. The summed E-state index contributed by atoms with van der Waals surface area (Å²) in [5.41, 5.74) is -2.25. The van der Waals surface area contributed by atoms with Crippen LogP contribution in [0.25, 0.3) is 0 Å². The summed E-state index contributed by atoms with van der Waals surface area (Å²) in [5, 5.41) is 18.1. The molecule has 0 radical (unpaired) electrons. The number of esters is 1. The van der Waals surface area contributed by atoms with Crippen LogP contribution in [0.3, 0.4) is 0 Å². The Kier molecular flexibility index (Phi) is 14.1. The van der Waals surface area contributed by atoms with E-state index < -0.39 is 83.6 Å². The van der Waals surface area contributed by atoms with Crippen LogP contribution >= 0.6 is 0 Å². The fourth-order valence-electron chi connectivity index (χ4n) is 8.81. The number of hydrogen-bond acceptors (Lipinski definition) is 12.